The summed E-state index contributed by atoms with van der Waals surface area (Å²) in [7, 11) is 0. The predicted octanol–water partition coefficient (Wildman–Crippen LogP) is 3.62. The largest absolute Gasteiger partial charge is 0.459 e. The Hall–Kier alpha value is -2.85. The molecule has 0 aliphatic rings. The minimum Gasteiger partial charge on any atom is -0.459 e. The lowest BCUT2D eigenvalue weighted by Gasteiger charge is -2.06. The minimum absolute atomic E-state index is 0.0428. The number of non-ortho nitro benzene ring substituents is 1. The quantitative estimate of drug-likeness (QED) is 0.390. The number of benzene rings is 1. The molecule has 0 atom stereocenters. The van der Waals surface area contributed by atoms with Gasteiger partial charge in [-0.15, -0.1) is 10.2 Å². The van der Waals surface area contributed by atoms with Gasteiger partial charge in [-0.1, -0.05) is 23.4 Å². The van der Waals surface area contributed by atoms with E-state index >= 15 is 0 Å². The highest BCUT2D eigenvalue weighted by Gasteiger charge is 2.15. The van der Waals surface area contributed by atoms with Crippen LogP contribution in [-0.2, 0) is 4.79 Å². The molecule has 0 saturated carbocycles. The molecule has 2 aromatic heterocycles. The van der Waals surface area contributed by atoms with E-state index in [0.29, 0.717) is 5.76 Å². The lowest BCUT2D eigenvalue weighted by Crippen LogP contribution is -2.14. The van der Waals surface area contributed by atoms with Crippen molar-refractivity contribution in [1.29, 1.82) is 0 Å². The molecule has 1 amide bonds. The summed E-state index contributed by atoms with van der Waals surface area (Å²) >= 11 is 6.94. The molecule has 128 valence electrons. The van der Waals surface area contributed by atoms with E-state index in [9.17, 15) is 14.9 Å². The van der Waals surface area contributed by atoms with E-state index in [-0.39, 0.29) is 33.3 Å². The molecule has 0 unspecified atom stereocenters. The maximum absolute atomic E-state index is 12.0. The van der Waals surface area contributed by atoms with Crippen LogP contribution in [0.5, 0.6) is 0 Å². The SMILES string of the molecule is O=C(CSc1nnc(-c2ccco2)o1)Nc1cc([N+](=O)[O-])ccc1Cl. The molecule has 3 rings (SSSR count). The van der Waals surface area contributed by atoms with Crippen LogP contribution in [0.2, 0.25) is 5.02 Å². The van der Waals surface area contributed by atoms with Gasteiger partial charge in [-0.05, 0) is 18.2 Å². The van der Waals surface area contributed by atoms with Crippen molar-refractivity contribution in [3.8, 4) is 11.7 Å². The molecule has 0 radical (unpaired) electrons. The van der Waals surface area contributed by atoms with Gasteiger partial charge < -0.3 is 14.2 Å². The summed E-state index contributed by atoms with van der Waals surface area (Å²) in [4.78, 5) is 22.2. The van der Waals surface area contributed by atoms with Gasteiger partial charge in [0.05, 0.1) is 27.6 Å². The van der Waals surface area contributed by atoms with Gasteiger partial charge in [0.25, 0.3) is 16.8 Å². The summed E-state index contributed by atoms with van der Waals surface area (Å²) in [5, 5.41) is 21.3. The average Bonchev–Trinajstić information content (AvgIpc) is 3.26. The molecule has 2 heterocycles. The molecular weight excluding hydrogens is 372 g/mol. The van der Waals surface area contributed by atoms with Crippen LogP contribution >= 0.6 is 23.4 Å². The molecule has 1 aromatic carbocycles. The normalized spacial score (nSPS) is 10.6. The van der Waals surface area contributed by atoms with Gasteiger partial charge in [0.2, 0.25) is 5.91 Å². The van der Waals surface area contributed by atoms with Gasteiger partial charge >= 0.3 is 0 Å². The summed E-state index contributed by atoms with van der Waals surface area (Å²) in [5.41, 5.74) is -0.0179. The summed E-state index contributed by atoms with van der Waals surface area (Å²) in [6, 6.07) is 7.13. The molecular formula is C14H9ClN4O5S. The van der Waals surface area contributed by atoms with Crippen LogP contribution < -0.4 is 5.32 Å². The second kappa shape index (κ2) is 7.36. The lowest BCUT2D eigenvalue weighted by atomic mass is 10.3. The Morgan fingerprint density at radius 1 is 1.36 bits per heavy atom. The standard InChI is InChI=1S/C14H9ClN4O5S/c15-9-4-3-8(19(21)22)6-10(9)16-12(20)7-25-14-18-17-13(24-14)11-2-1-5-23-11/h1-6H,7H2,(H,16,20). The van der Waals surface area contributed by atoms with E-state index in [1.165, 1.54) is 24.5 Å². The van der Waals surface area contributed by atoms with Crippen LogP contribution in [0, 0.1) is 10.1 Å². The second-order valence-corrected chi connectivity index (χ2v) is 5.94. The highest BCUT2D eigenvalue weighted by molar-refractivity contribution is 7.99. The van der Waals surface area contributed by atoms with E-state index in [1.807, 2.05) is 0 Å². The molecule has 0 bridgehead atoms. The molecule has 0 aliphatic heterocycles. The number of carbonyl (C=O) groups is 1. The third-order valence-electron chi connectivity index (χ3n) is 2.90. The van der Waals surface area contributed by atoms with Crippen molar-refractivity contribution in [2.24, 2.45) is 0 Å². The Labute approximate surface area is 149 Å². The number of anilines is 1. The summed E-state index contributed by atoms with van der Waals surface area (Å²) in [5.74, 6) is 0.158. The fraction of sp³-hybridized carbons (Fsp3) is 0.0714. The molecule has 9 nitrogen and oxygen atoms in total. The Balaban J connectivity index is 1.60. The number of hydrogen-bond donors (Lipinski definition) is 1. The number of halogens is 1. The van der Waals surface area contributed by atoms with Crippen LogP contribution in [0.4, 0.5) is 11.4 Å². The Morgan fingerprint density at radius 3 is 2.92 bits per heavy atom. The molecule has 1 N–H and O–H groups in total. The van der Waals surface area contributed by atoms with Gasteiger partial charge in [-0.25, -0.2) is 0 Å². The molecule has 0 saturated heterocycles. The molecule has 3 aromatic rings. The first-order valence-electron chi connectivity index (χ1n) is 6.77. The smallest absolute Gasteiger partial charge is 0.284 e. The maximum atomic E-state index is 12.0. The Kier molecular flexibility index (Phi) is 5.00. The number of nitro benzene ring substituents is 1. The third kappa shape index (κ3) is 4.17. The zero-order valence-electron chi connectivity index (χ0n) is 12.3. The van der Waals surface area contributed by atoms with Crippen LogP contribution in [0.1, 0.15) is 0 Å². The van der Waals surface area contributed by atoms with E-state index in [1.54, 1.807) is 12.1 Å². The zero-order valence-corrected chi connectivity index (χ0v) is 13.9. The number of hydrogen-bond acceptors (Lipinski definition) is 8. The van der Waals surface area contributed by atoms with Crippen molar-refractivity contribution in [2.75, 3.05) is 11.1 Å². The minimum atomic E-state index is -0.574. The van der Waals surface area contributed by atoms with Gasteiger partial charge in [0.1, 0.15) is 0 Å². The molecule has 11 heteroatoms. The third-order valence-corrected chi connectivity index (χ3v) is 4.05. The lowest BCUT2D eigenvalue weighted by molar-refractivity contribution is -0.384. The Morgan fingerprint density at radius 2 is 2.20 bits per heavy atom. The van der Waals surface area contributed by atoms with Gasteiger partial charge in [-0.2, -0.15) is 0 Å². The first kappa shape index (κ1) is 17.0. The number of furan rings is 1. The number of aromatic nitrogens is 2. The number of nitro groups is 1. The second-order valence-electron chi connectivity index (χ2n) is 4.61. The topological polar surface area (TPSA) is 124 Å². The molecule has 0 spiro atoms. The van der Waals surface area contributed by atoms with E-state index in [0.717, 1.165) is 11.8 Å². The Bertz CT molecular complexity index is 912. The maximum Gasteiger partial charge on any atom is 0.284 e. The van der Waals surface area contributed by atoms with Crippen LogP contribution in [0.25, 0.3) is 11.7 Å². The fourth-order valence-corrected chi connectivity index (χ4v) is 2.53. The number of rotatable bonds is 6. The highest BCUT2D eigenvalue weighted by atomic mass is 35.5. The number of nitrogens with zero attached hydrogens (tertiary/aromatic N) is 3. The van der Waals surface area contributed by atoms with Crippen LogP contribution in [0.15, 0.2) is 50.7 Å². The van der Waals surface area contributed by atoms with Crippen LogP contribution in [0.3, 0.4) is 0 Å². The van der Waals surface area contributed by atoms with Gasteiger partial charge in [0.15, 0.2) is 5.76 Å². The van der Waals surface area contributed by atoms with Crippen LogP contribution in [-0.4, -0.2) is 26.8 Å². The van der Waals surface area contributed by atoms with Crippen molar-refractivity contribution in [3.63, 3.8) is 0 Å². The zero-order chi connectivity index (χ0) is 17.8. The number of carbonyl (C=O) groups excluding carboxylic acids is 1. The van der Waals surface area contributed by atoms with Gasteiger partial charge in [0, 0.05) is 12.1 Å². The molecule has 25 heavy (non-hydrogen) atoms. The van der Waals surface area contributed by atoms with Crippen molar-refractivity contribution in [1.82, 2.24) is 10.2 Å². The van der Waals surface area contributed by atoms with Gasteiger partial charge in [-0.3, -0.25) is 14.9 Å². The summed E-state index contributed by atoms with van der Waals surface area (Å²) in [6.45, 7) is 0. The number of thioether (sulfide) groups is 1. The van der Waals surface area contributed by atoms with Crippen molar-refractivity contribution < 1.29 is 18.6 Å². The number of amides is 1. The first-order chi connectivity index (χ1) is 12.0. The molecule has 0 fully saturated rings. The van der Waals surface area contributed by atoms with Crippen molar-refractivity contribution in [2.45, 2.75) is 5.22 Å². The van der Waals surface area contributed by atoms with E-state index in [2.05, 4.69) is 15.5 Å². The average molecular weight is 381 g/mol. The van der Waals surface area contributed by atoms with E-state index in [4.69, 9.17) is 20.4 Å². The van der Waals surface area contributed by atoms with Crippen molar-refractivity contribution in [3.05, 3.63) is 51.7 Å². The highest BCUT2D eigenvalue weighted by Crippen LogP contribution is 2.27. The monoisotopic (exact) mass is 380 g/mol. The summed E-state index contributed by atoms with van der Waals surface area (Å²) in [6.07, 6.45) is 1.47. The predicted molar refractivity (Wildman–Crippen MR) is 89.5 cm³/mol. The first-order valence-corrected chi connectivity index (χ1v) is 8.13. The van der Waals surface area contributed by atoms with Crippen molar-refractivity contribution >= 4 is 40.6 Å². The van der Waals surface area contributed by atoms with E-state index < -0.39 is 10.8 Å². The fourth-order valence-electron chi connectivity index (χ4n) is 1.80. The molecule has 0 aliphatic carbocycles. The summed E-state index contributed by atoms with van der Waals surface area (Å²) < 4.78 is 10.5. The number of nitrogens with one attached hydrogen (secondary N) is 1.